The molecular formula is C22H32N6O5. The van der Waals surface area contributed by atoms with E-state index < -0.39 is 35.7 Å². The van der Waals surface area contributed by atoms with Gasteiger partial charge in [-0.05, 0) is 45.2 Å². The van der Waals surface area contributed by atoms with Gasteiger partial charge in [0.1, 0.15) is 17.7 Å². The fraction of sp³-hybridized carbons (Fsp3) is 0.455. The van der Waals surface area contributed by atoms with E-state index in [9.17, 15) is 19.5 Å². The summed E-state index contributed by atoms with van der Waals surface area (Å²) in [5.74, 6) is -1.91. The van der Waals surface area contributed by atoms with Gasteiger partial charge in [-0.1, -0.05) is 18.2 Å². The largest absolute Gasteiger partial charge is 0.480 e. The van der Waals surface area contributed by atoms with E-state index in [1.165, 1.54) is 0 Å². The smallest absolute Gasteiger partial charge is 0.408 e. The molecule has 11 heteroatoms. The molecule has 2 atom stereocenters. The maximum Gasteiger partial charge on any atom is 0.408 e. The van der Waals surface area contributed by atoms with Gasteiger partial charge in [-0.15, -0.1) is 0 Å². The number of hydrogen-bond acceptors (Lipinski definition) is 5. The molecular weight excluding hydrogens is 428 g/mol. The number of rotatable bonds is 10. The Kier molecular flexibility index (Phi) is 8.66. The molecule has 0 spiro atoms. The molecule has 33 heavy (non-hydrogen) atoms. The summed E-state index contributed by atoms with van der Waals surface area (Å²) in [4.78, 5) is 44.0. The van der Waals surface area contributed by atoms with Crippen molar-refractivity contribution < 1.29 is 24.2 Å². The van der Waals surface area contributed by atoms with E-state index in [1.54, 1.807) is 27.0 Å². The number of carboxylic acid groups (broad SMARTS) is 1. The van der Waals surface area contributed by atoms with Gasteiger partial charge in [-0.3, -0.25) is 9.79 Å². The van der Waals surface area contributed by atoms with Gasteiger partial charge in [0.15, 0.2) is 5.96 Å². The Balaban J connectivity index is 2.12. The molecule has 2 rings (SSSR count). The monoisotopic (exact) mass is 460 g/mol. The van der Waals surface area contributed by atoms with Crippen LogP contribution in [0, 0.1) is 0 Å². The summed E-state index contributed by atoms with van der Waals surface area (Å²) < 4.78 is 5.23. The van der Waals surface area contributed by atoms with Crippen molar-refractivity contribution in [3.63, 3.8) is 0 Å². The van der Waals surface area contributed by atoms with Gasteiger partial charge in [0.25, 0.3) is 0 Å². The predicted octanol–water partition coefficient (Wildman–Crippen LogP) is 1.23. The second-order valence-corrected chi connectivity index (χ2v) is 8.61. The minimum absolute atomic E-state index is 0.0677. The Morgan fingerprint density at radius 1 is 1.15 bits per heavy atom. The number of ether oxygens (including phenoxy) is 1. The minimum Gasteiger partial charge on any atom is -0.480 e. The molecule has 0 fully saturated rings. The molecule has 8 N–H and O–H groups in total. The second kappa shape index (κ2) is 11.2. The molecule has 0 unspecified atom stereocenters. The first-order chi connectivity index (χ1) is 15.5. The quantitative estimate of drug-likeness (QED) is 0.175. The second-order valence-electron chi connectivity index (χ2n) is 8.61. The lowest BCUT2D eigenvalue weighted by atomic mass is 10.0. The Labute approximate surface area is 191 Å². The summed E-state index contributed by atoms with van der Waals surface area (Å²) in [5, 5.41) is 15.6. The number of amides is 2. The van der Waals surface area contributed by atoms with Crippen LogP contribution in [0.4, 0.5) is 4.79 Å². The molecule has 1 aromatic carbocycles. The molecule has 1 heterocycles. The number of para-hydroxylation sites is 1. The molecule has 0 bridgehead atoms. The van der Waals surface area contributed by atoms with Crippen LogP contribution < -0.4 is 22.1 Å². The van der Waals surface area contributed by atoms with Crippen molar-refractivity contribution in [2.75, 3.05) is 6.54 Å². The first-order valence-corrected chi connectivity index (χ1v) is 10.6. The molecule has 0 radical (unpaired) electrons. The third-order valence-corrected chi connectivity index (χ3v) is 4.67. The maximum atomic E-state index is 12.9. The molecule has 1 aromatic heterocycles. The van der Waals surface area contributed by atoms with Crippen LogP contribution >= 0.6 is 0 Å². The number of aromatic nitrogens is 1. The van der Waals surface area contributed by atoms with Gasteiger partial charge in [0, 0.05) is 30.1 Å². The zero-order valence-electron chi connectivity index (χ0n) is 19.1. The van der Waals surface area contributed by atoms with Gasteiger partial charge in [0.05, 0.1) is 0 Å². The number of H-pyrrole nitrogens is 1. The molecule has 0 saturated heterocycles. The molecule has 0 saturated carbocycles. The Hall–Kier alpha value is -3.76. The van der Waals surface area contributed by atoms with Crippen molar-refractivity contribution in [3.8, 4) is 0 Å². The highest BCUT2D eigenvalue weighted by Crippen LogP contribution is 2.19. The number of benzene rings is 1. The maximum absolute atomic E-state index is 12.9. The van der Waals surface area contributed by atoms with Gasteiger partial charge in [-0.25, -0.2) is 9.59 Å². The average molecular weight is 461 g/mol. The SMILES string of the molecule is CC(C)(C)OC(=O)N[C@@H](CCCN=C(N)N)C(=O)N[C@@H](Cc1c[nH]c2ccccc12)C(=O)O. The Morgan fingerprint density at radius 2 is 1.85 bits per heavy atom. The van der Waals surface area contributed by atoms with E-state index >= 15 is 0 Å². The van der Waals surface area contributed by atoms with Crippen molar-refractivity contribution in [1.82, 2.24) is 15.6 Å². The number of carbonyl (C=O) groups excluding carboxylic acids is 2. The van der Waals surface area contributed by atoms with Crippen molar-refractivity contribution in [1.29, 1.82) is 0 Å². The summed E-state index contributed by atoms with van der Waals surface area (Å²) in [7, 11) is 0. The average Bonchev–Trinajstić information content (AvgIpc) is 3.11. The third kappa shape index (κ3) is 8.36. The van der Waals surface area contributed by atoms with E-state index in [-0.39, 0.29) is 25.3 Å². The van der Waals surface area contributed by atoms with Crippen LogP contribution in [0.3, 0.4) is 0 Å². The number of aliphatic imine (C=N–C) groups is 1. The molecule has 0 aliphatic heterocycles. The summed E-state index contributed by atoms with van der Waals surface area (Å²) in [5.41, 5.74) is 11.5. The topological polar surface area (TPSA) is 185 Å². The first-order valence-electron chi connectivity index (χ1n) is 10.6. The highest BCUT2D eigenvalue weighted by molar-refractivity contribution is 5.90. The lowest BCUT2D eigenvalue weighted by molar-refractivity contribution is -0.142. The zero-order chi connectivity index (χ0) is 24.6. The van der Waals surface area contributed by atoms with Crippen LogP contribution in [0.15, 0.2) is 35.5 Å². The first kappa shape index (κ1) is 25.5. The number of carboxylic acids is 1. The van der Waals surface area contributed by atoms with Crippen molar-refractivity contribution in [2.45, 2.75) is 57.7 Å². The number of aliphatic carboxylic acids is 1. The number of nitrogens with one attached hydrogen (secondary N) is 3. The number of fused-ring (bicyclic) bond motifs is 1. The van der Waals surface area contributed by atoms with Crippen molar-refractivity contribution in [3.05, 3.63) is 36.0 Å². The molecule has 0 aliphatic rings. The highest BCUT2D eigenvalue weighted by atomic mass is 16.6. The summed E-state index contributed by atoms with van der Waals surface area (Å²) >= 11 is 0. The van der Waals surface area contributed by atoms with Crippen molar-refractivity contribution in [2.24, 2.45) is 16.5 Å². The van der Waals surface area contributed by atoms with Gasteiger partial charge >= 0.3 is 12.1 Å². The van der Waals surface area contributed by atoms with Crippen LogP contribution in [0.1, 0.15) is 39.2 Å². The fourth-order valence-electron chi connectivity index (χ4n) is 3.21. The summed E-state index contributed by atoms with van der Waals surface area (Å²) in [6, 6.07) is 5.25. The number of carbonyl (C=O) groups is 3. The van der Waals surface area contributed by atoms with Crippen molar-refractivity contribution >= 4 is 34.8 Å². The molecule has 2 aromatic rings. The van der Waals surface area contributed by atoms with Crippen LogP contribution in [0.5, 0.6) is 0 Å². The molecule has 2 amide bonds. The summed E-state index contributed by atoms with van der Waals surface area (Å²) in [6.07, 6.45) is 1.57. The van der Waals surface area contributed by atoms with Gasteiger partial charge < -0.3 is 36.9 Å². The normalized spacial score (nSPS) is 13.1. The lowest BCUT2D eigenvalue weighted by Crippen LogP contribution is -2.53. The van der Waals surface area contributed by atoms with Gasteiger partial charge in [0.2, 0.25) is 5.91 Å². The van der Waals surface area contributed by atoms with E-state index in [0.29, 0.717) is 6.42 Å². The van der Waals surface area contributed by atoms with E-state index in [2.05, 4.69) is 20.6 Å². The van der Waals surface area contributed by atoms with Crippen LogP contribution in [0.2, 0.25) is 0 Å². The zero-order valence-corrected chi connectivity index (χ0v) is 19.1. The number of nitrogens with two attached hydrogens (primary N) is 2. The van der Waals surface area contributed by atoms with E-state index in [4.69, 9.17) is 16.2 Å². The lowest BCUT2D eigenvalue weighted by Gasteiger charge is -2.24. The Bertz CT molecular complexity index is 1010. The van der Waals surface area contributed by atoms with E-state index in [1.807, 2.05) is 24.3 Å². The minimum atomic E-state index is -1.20. The van der Waals surface area contributed by atoms with Crippen LogP contribution in [-0.2, 0) is 20.7 Å². The number of hydrogen-bond donors (Lipinski definition) is 6. The fourth-order valence-corrected chi connectivity index (χ4v) is 3.21. The summed E-state index contributed by atoms with van der Waals surface area (Å²) in [6.45, 7) is 5.34. The van der Waals surface area contributed by atoms with Crippen LogP contribution in [0.25, 0.3) is 10.9 Å². The number of nitrogens with zero attached hydrogens (tertiary/aromatic N) is 1. The number of alkyl carbamates (subject to hydrolysis) is 1. The Morgan fingerprint density at radius 3 is 2.48 bits per heavy atom. The van der Waals surface area contributed by atoms with E-state index in [0.717, 1.165) is 16.5 Å². The molecule has 11 nitrogen and oxygen atoms in total. The number of aromatic amines is 1. The molecule has 180 valence electrons. The third-order valence-electron chi connectivity index (χ3n) is 4.67. The van der Waals surface area contributed by atoms with Gasteiger partial charge in [-0.2, -0.15) is 0 Å². The predicted molar refractivity (Wildman–Crippen MR) is 125 cm³/mol. The number of guanidine groups is 1. The van der Waals surface area contributed by atoms with Crippen LogP contribution in [-0.4, -0.2) is 58.2 Å². The highest BCUT2D eigenvalue weighted by Gasteiger charge is 2.28. The standard InChI is InChI=1S/C22H32N6O5/c1-22(2,3)33-21(32)28-16(9-6-10-25-20(23)24)18(29)27-17(19(30)31)11-13-12-26-15-8-5-4-7-14(13)15/h4-5,7-8,12,16-17,26H,6,9-11H2,1-3H3,(H,27,29)(H,28,32)(H,30,31)(H4,23,24,25)/t16-,17-/m0/s1. The molecule has 0 aliphatic carbocycles.